The molecule has 4 nitrogen and oxygen atoms in total. The van der Waals surface area contributed by atoms with E-state index in [1.807, 2.05) is 36.1 Å². The first kappa shape index (κ1) is 20.0. The molecule has 1 amide bonds. The van der Waals surface area contributed by atoms with Gasteiger partial charge in [-0.15, -0.1) is 11.3 Å². The number of anilines is 1. The van der Waals surface area contributed by atoms with Gasteiger partial charge in [-0.05, 0) is 42.8 Å². The predicted molar refractivity (Wildman–Crippen MR) is 113 cm³/mol. The third-order valence-corrected chi connectivity index (χ3v) is 5.87. The van der Waals surface area contributed by atoms with Crippen LogP contribution in [0.25, 0.3) is 0 Å². The number of nitrogens with one attached hydrogen (secondary N) is 1. The molecule has 1 aromatic heterocycles. The van der Waals surface area contributed by atoms with E-state index in [0.29, 0.717) is 26.4 Å². The van der Waals surface area contributed by atoms with Gasteiger partial charge in [0.15, 0.2) is 4.80 Å². The van der Waals surface area contributed by atoms with Gasteiger partial charge in [0.2, 0.25) is 5.91 Å². The summed E-state index contributed by atoms with van der Waals surface area (Å²) < 4.78 is 1.86. The number of aryl methyl sites for hydroxylation is 1. The van der Waals surface area contributed by atoms with E-state index in [-0.39, 0.29) is 12.3 Å². The molecule has 0 aliphatic heterocycles. The number of halogens is 3. The second-order valence-electron chi connectivity index (χ2n) is 5.97. The number of hydrogen-bond acceptors (Lipinski definition) is 3. The maximum Gasteiger partial charge on any atom is 0.230 e. The summed E-state index contributed by atoms with van der Waals surface area (Å²) in [6.07, 6.45) is 0.220. The summed E-state index contributed by atoms with van der Waals surface area (Å²) in [5.41, 5.74) is 3.06. The second-order valence-corrected chi connectivity index (χ2v) is 8.05. The Kier molecular flexibility index (Phi) is 6.27. The van der Waals surface area contributed by atoms with Gasteiger partial charge in [-0.2, -0.15) is 0 Å². The Morgan fingerprint density at radius 3 is 2.67 bits per heavy atom. The summed E-state index contributed by atoms with van der Waals surface area (Å²) >= 11 is 19.7. The number of aromatic nitrogens is 1. The summed E-state index contributed by atoms with van der Waals surface area (Å²) in [7, 11) is 1.86. The van der Waals surface area contributed by atoms with Crippen LogP contribution in [0.4, 0.5) is 11.4 Å². The number of benzene rings is 2. The number of carbonyl (C=O) groups is 1. The van der Waals surface area contributed by atoms with Crippen LogP contribution in [0.1, 0.15) is 11.3 Å². The molecule has 8 heteroatoms. The first-order valence-electron chi connectivity index (χ1n) is 8.02. The van der Waals surface area contributed by atoms with E-state index in [0.717, 1.165) is 16.1 Å². The third kappa shape index (κ3) is 4.93. The zero-order valence-corrected chi connectivity index (χ0v) is 17.7. The topological polar surface area (TPSA) is 46.4 Å². The monoisotopic (exact) mass is 439 g/mol. The van der Waals surface area contributed by atoms with E-state index in [9.17, 15) is 4.79 Å². The van der Waals surface area contributed by atoms with Crippen molar-refractivity contribution < 1.29 is 4.79 Å². The zero-order chi connectivity index (χ0) is 19.6. The average molecular weight is 441 g/mol. The quantitative estimate of drug-likeness (QED) is 0.550. The third-order valence-electron chi connectivity index (χ3n) is 3.94. The molecule has 0 aliphatic carbocycles. The Balaban J connectivity index is 1.78. The number of thiazole rings is 1. The minimum atomic E-state index is -0.129. The molecule has 3 aromatic rings. The lowest BCUT2D eigenvalue weighted by Crippen LogP contribution is -2.19. The van der Waals surface area contributed by atoms with Crippen LogP contribution in [-0.4, -0.2) is 10.5 Å². The molecule has 1 heterocycles. The lowest BCUT2D eigenvalue weighted by atomic mass is 10.2. The fraction of sp³-hybridized carbons (Fsp3) is 0.158. The summed E-state index contributed by atoms with van der Waals surface area (Å²) in [6, 6.07) is 10.6. The van der Waals surface area contributed by atoms with Crippen LogP contribution >= 0.6 is 46.1 Å². The Hall–Kier alpha value is -1.79. The first-order valence-corrected chi connectivity index (χ1v) is 10.0. The van der Waals surface area contributed by atoms with Crippen molar-refractivity contribution >= 4 is 63.4 Å². The Morgan fingerprint density at radius 2 is 1.93 bits per heavy atom. The van der Waals surface area contributed by atoms with E-state index < -0.39 is 0 Å². The van der Waals surface area contributed by atoms with Gasteiger partial charge in [-0.3, -0.25) is 4.79 Å². The van der Waals surface area contributed by atoms with E-state index in [2.05, 4.69) is 10.3 Å². The normalized spacial score (nSPS) is 11.7. The lowest BCUT2D eigenvalue weighted by Gasteiger charge is -2.07. The van der Waals surface area contributed by atoms with Gasteiger partial charge in [0, 0.05) is 33.9 Å². The van der Waals surface area contributed by atoms with Gasteiger partial charge >= 0.3 is 0 Å². The van der Waals surface area contributed by atoms with Crippen molar-refractivity contribution in [2.24, 2.45) is 12.0 Å². The van der Waals surface area contributed by atoms with E-state index in [1.54, 1.807) is 24.3 Å². The molecule has 0 saturated heterocycles. The van der Waals surface area contributed by atoms with Crippen LogP contribution < -0.4 is 10.1 Å². The fourth-order valence-corrected chi connectivity index (χ4v) is 3.79. The lowest BCUT2D eigenvalue weighted by molar-refractivity contribution is -0.115. The van der Waals surface area contributed by atoms with Crippen LogP contribution in [0.2, 0.25) is 15.1 Å². The van der Waals surface area contributed by atoms with Gasteiger partial charge in [-0.1, -0.05) is 40.9 Å². The standard InChI is InChI=1S/C19H16Cl3N3OS/c1-11-3-5-13(8-16(11)22)23-18(26)9-14-10-27-19(25(14)2)24-17-7-12(20)4-6-15(17)21/h3-8,10H,9H2,1-2H3,(H,23,26). The number of amides is 1. The molecule has 2 aromatic carbocycles. The van der Waals surface area contributed by atoms with Crippen molar-refractivity contribution in [2.75, 3.05) is 5.32 Å². The van der Waals surface area contributed by atoms with Gasteiger partial charge in [0.25, 0.3) is 0 Å². The molecule has 0 saturated carbocycles. The Morgan fingerprint density at radius 1 is 1.15 bits per heavy atom. The highest BCUT2D eigenvalue weighted by atomic mass is 35.5. The van der Waals surface area contributed by atoms with Crippen molar-refractivity contribution in [1.82, 2.24) is 4.57 Å². The SMILES string of the molecule is Cc1ccc(NC(=O)Cc2csc(=Nc3cc(Cl)ccc3Cl)n2C)cc1Cl. The summed E-state index contributed by atoms with van der Waals surface area (Å²) in [6.45, 7) is 1.91. The molecule has 0 aliphatic rings. The molecule has 0 radical (unpaired) electrons. The van der Waals surface area contributed by atoms with Crippen LogP contribution in [-0.2, 0) is 18.3 Å². The maximum atomic E-state index is 12.4. The molecule has 1 N–H and O–H groups in total. The van der Waals surface area contributed by atoms with Crippen molar-refractivity contribution in [3.63, 3.8) is 0 Å². The highest BCUT2D eigenvalue weighted by molar-refractivity contribution is 7.07. The molecule has 0 atom stereocenters. The van der Waals surface area contributed by atoms with Gasteiger partial charge in [0.05, 0.1) is 17.1 Å². The number of rotatable bonds is 4. The first-order chi connectivity index (χ1) is 12.8. The zero-order valence-electron chi connectivity index (χ0n) is 14.6. The molecule has 140 valence electrons. The van der Waals surface area contributed by atoms with Crippen molar-refractivity contribution in [2.45, 2.75) is 13.3 Å². The van der Waals surface area contributed by atoms with Gasteiger partial charge in [-0.25, -0.2) is 4.99 Å². The highest BCUT2D eigenvalue weighted by Crippen LogP contribution is 2.27. The van der Waals surface area contributed by atoms with Crippen LogP contribution in [0.3, 0.4) is 0 Å². The second kappa shape index (κ2) is 8.48. The minimum Gasteiger partial charge on any atom is -0.326 e. The predicted octanol–water partition coefficient (Wildman–Crippen LogP) is 5.77. The number of hydrogen-bond donors (Lipinski definition) is 1. The Labute approximate surface area is 176 Å². The van der Waals surface area contributed by atoms with Crippen molar-refractivity contribution in [3.8, 4) is 0 Å². The maximum absolute atomic E-state index is 12.4. The van der Waals surface area contributed by atoms with Crippen molar-refractivity contribution in [3.05, 3.63) is 72.9 Å². The number of nitrogens with zero attached hydrogens (tertiary/aromatic N) is 2. The van der Waals surface area contributed by atoms with E-state index >= 15 is 0 Å². The average Bonchev–Trinajstić information content (AvgIpc) is 2.94. The highest BCUT2D eigenvalue weighted by Gasteiger charge is 2.10. The van der Waals surface area contributed by atoms with Gasteiger partial charge < -0.3 is 9.88 Å². The van der Waals surface area contributed by atoms with Crippen LogP contribution in [0.5, 0.6) is 0 Å². The smallest absolute Gasteiger partial charge is 0.230 e. The van der Waals surface area contributed by atoms with E-state index in [4.69, 9.17) is 34.8 Å². The molecule has 0 spiro atoms. The fourth-order valence-electron chi connectivity index (χ4n) is 2.38. The Bertz CT molecular complexity index is 1070. The van der Waals surface area contributed by atoms with Crippen LogP contribution in [0, 0.1) is 6.92 Å². The summed E-state index contributed by atoms with van der Waals surface area (Å²) in [5.74, 6) is -0.129. The minimum absolute atomic E-state index is 0.129. The molecule has 0 unspecified atom stereocenters. The van der Waals surface area contributed by atoms with E-state index in [1.165, 1.54) is 11.3 Å². The molecule has 0 bridgehead atoms. The molecule has 0 fully saturated rings. The summed E-state index contributed by atoms with van der Waals surface area (Å²) in [4.78, 5) is 17.6. The molecular weight excluding hydrogens is 425 g/mol. The number of carbonyl (C=O) groups excluding carboxylic acids is 1. The largest absolute Gasteiger partial charge is 0.326 e. The molecule has 3 rings (SSSR count). The summed E-state index contributed by atoms with van der Waals surface area (Å²) in [5, 5.41) is 6.46. The van der Waals surface area contributed by atoms with Crippen molar-refractivity contribution in [1.29, 1.82) is 0 Å². The molecular formula is C19H16Cl3N3OS. The van der Waals surface area contributed by atoms with Crippen LogP contribution in [0.15, 0.2) is 46.8 Å². The molecule has 27 heavy (non-hydrogen) atoms. The van der Waals surface area contributed by atoms with Gasteiger partial charge in [0.1, 0.15) is 0 Å².